The van der Waals surface area contributed by atoms with Crippen LogP contribution in [0.1, 0.15) is 19.4 Å². The molecule has 3 aromatic rings. The van der Waals surface area contributed by atoms with E-state index in [1.165, 1.54) is 5.56 Å². The number of amides is 1. The summed E-state index contributed by atoms with van der Waals surface area (Å²) in [5, 5.41) is 13.8. The Labute approximate surface area is 138 Å². The Morgan fingerprint density at radius 3 is 2.67 bits per heavy atom. The molecular weight excluding hydrogens is 308 g/mol. The van der Waals surface area contributed by atoms with Gasteiger partial charge >= 0.3 is 6.09 Å². The van der Waals surface area contributed by atoms with Crippen LogP contribution >= 0.6 is 0 Å². The molecule has 0 saturated heterocycles. The summed E-state index contributed by atoms with van der Waals surface area (Å²) in [6.07, 6.45) is 2.47. The number of hydrogen-bond donors (Lipinski definition) is 2. The number of carbonyl (C=O) groups is 1. The average Bonchev–Trinajstić information content (AvgIpc) is 2.93. The van der Waals surface area contributed by atoms with Crippen molar-refractivity contribution in [3.63, 3.8) is 0 Å². The first-order valence-electron chi connectivity index (χ1n) is 7.54. The van der Waals surface area contributed by atoms with Gasteiger partial charge in [0, 0.05) is 18.1 Å². The van der Waals surface area contributed by atoms with Crippen LogP contribution in [0.4, 0.5) is 22.2 Å². The van der Waals surface area contributed by atoms with Gasteiger partial charge in [-0.1, -0.05) is 17.7 Å². The van der Waals surface area contributed by atoms with Crippen molar-refractivity contribution in [2.45, 2.75) is 26.9 Å². The molecule has 0 aliphatic carbocycles. The number of carbonyl (C=O) groups excluding carboxylic acids is 1. The van der Waals surface area contributed by atoms with Crippen LogP contribution in [0.5, 0.6) is 0 Å². The largest absolute Gasteiger partial charge is 0.447 e. The highest BCUT2D eigenvalue weighted by molar-refractivity contribution is 5.83. The maximum Gasteiger partial charge on any atom is 0.414 e. The van der Waals surface area contributed by atoms with Crippen LogP contribution in [0.3, 0.4) is 0 Å². The lowest BCUT2D eigenvalue weighted by molar-refractivity contribution is 0.129. The van der Waals surface area contributed by atoms with Crippen molar-refractivity contribution >= 4 is 29.2 Å². The summed E-state index contributed by atoms with van der Waals surface area (Å²) in [7, 11) is 0. The molecule has 0 aliphatic heterocycles. The van der Waals surface area contributed by atoms with Crippen molar-refractivity contribution in [2.75, 3.05) is 10.6 Å². The third kappa shape index (κ3) is 3.43. The molecule has 8 nitrogen and oxygen atoms in total. The lowest BCUT2D eigenvalue weighted by Gasteiger charge is -2.09. The third-order valence-electron chi connectivity index (χ3n) is 3.20. The summed E-state index contributed by atoms with van der Waals surface area (Å²) in [6, 6.07) is 7.91. The van der Waals surface area contributed by atoms with E-state index in [4.69, 9.17) is 4.74 Å². The highest BCUT2D eigenvalue weighted by atomic mass is 16.6. The lowest BCUT2D eigenvalue weighted by Crippen LogP contribution is -2.19. The van der Waals surface area contributed by atoms with Gasteiger partial charge < -0.3 is 10.1 Å². The number of benzene rings is 1. The van der Waals surface area contributed by atoms with Crippen LogP contribution in [0.25, 0.3) is 5.65 Å². The van der Waals surface area contributed by atoms with Crippen LogP contribution in [-0.2, 0) is 4.74 Å². The summed E-state index contributed by atoms with van der Waals surface area (Å²) in [5.41, 5.74) is 2.56. The quantitative estimate of drug-likeness (QED) is 0.765. The van der Waals surface area contributed by atoms with Gasteiger partial charge in [-0.2, -0.15) is 0 Å². The monoisotopic (exact) mass is 326 g/mol. The van der Waals surface area contributed by atoms with Crippen LogP contribution in [0, 0.1) is 6.92 Å². The molecule has 24 heavy (non-hydrogen) atoms. The molecule has 0 fully saturated rings. The molecule has 2 aromatic heterocycles. The van der Waals surface area contributed by atoms with E-state index < -0.39 is 6.09 Å². The Bertz CT molecular complexity index is 857. The topological polar surface area (TPSA) is 93.4 Å². The smallest absolute Gasteiger partial charge is 0.414 e. The van der Waals surface area contributed by atoms with E-state index in [-0.39, 0.29) is 12.1 Å². The number of nitrogens with zero attached hydrogens (tertiary/aromatic N) is 4. The summed E-state index contributed by atoms with van der Waals surface area (Å²) in [5.74, 6) is 0.809. The van der Waals surface area contributed by atoms with Gasteiger partial charge in [-0.05, 0) is 32.9 Å². The molecule has 0 spiro atoms. The highest BCUT2D eigenvalue weighted by Crippen LogP contribution is 2.20. The molecule has 1 aromatic carbocycles. The van der Waals surface area contributed by atoms with Gasteiger partial charge in [-0.15, -0.1) is 10.2 Å². The number of aryl methyl sites for hydroxylation is 1. The number of anilines is 3. The Hall–Kier alpha value is -3.16. The molecule has 0 radical (unpaired) electrons. The van der Waals surface area contributed by atoms with Crippen LogP contribution in [-0.4, -0.2) is 31.8 Å². The minimum atomic E-state index is -0.579. The molecule has 1 amide bonds. The van der Waals surface area contributed by atoms with Crippen molar-refractivity contribution in [3.05, 3.63) is 42.2 Å². The van der Waals surface area contributed by atoms with Gasteiger partial charge in [-0.25, -0.2) is 9.78 Å². The summed E-state index contributed by atoms with van der Waals surface area (Å²) in [4.78, 5) is 16.0. The summed E-state index contributed by atoms with van der Waals surface area (Å²) >= 11 is 0. The van der Waals surface area contributed by atoms with Crippen molar-refractivity contribution in [2.24, 2.45) is 0 Å². The standard InChI is InChI=1S/C16H18N6O2/c1-10(2)24-16(23)19-15-21-20-14-13(17-8-9-22(14)15)18-12-6-4-11(3)5-7-12/h4-10H,1-3H3,(H,17,18)(H,19,21,23). The Morgan fingerprint density at radius 2 is 1.96 bits per heavy atom. The average molecular weight is 326 g/mol. The second-order valence-electron chi connectivity index (χ2n) is 5.56. The molecule has 124 valence electrons. The lowest BCUT2D eigenvalue weighted by atomic mass is 10.2. The number of fused-ring (bicyclic) bond motifs is 1. The van der Waals surface area contributed by atoms with Gasteiger partial charge in [0.1, 0.15) is 0 Å². The first kappa shape index (κ1) is 15.7. The molecule has 3 rings (SSSR count). The van der Waals surface area contributed by atoms with Crippen molar-refractivity contribution in [1.29, 1.82) is 0 Å². The third-order valence-corrected chi connectivity index (χ3v) is 3.20. The number of hydrogen-bond acceptors (Lipinski definition) is 6. The van der Waals surface area contributed by atoms with Crippen LogP contribution < -0.4 is 10.6 Å². The van der Waals surface area contributed by atoms with Crippen molar-refractivity contribution in [3.8, 4) is 0 Å². The molecule has 0 atom stereocenters. The number of ether oxygens (including phenoxy) is 1. The Kier molecular flexibility index (Phi) is 4.28. The fourth-order valence-corrected chi connectivity index (χ4v) is 2.11. The summed E-state index contributed by atoms with van der Waals surface area (Å²) < 4.78 is 6.68. The van der Waals surface area contributed by atoms with E-state index in [0.717, 1.165) is 5.69 Å². The minimum absolute atomic E-state index is 0.218. The molecule has 0 unspecified atom stereocenters. The van der Waals surface area contributed by atoms with E-state index in [1.807, 2.05) is 31.2 Å². The normalized spacial score (nSPS) is 10.8. The number of rotatable bonds is 4. The molecular formula is C16H18N6O2. The fraction of sp³-hybridized carbons (Fsp3) is 0.250. The van der Waals surface area contributed by atoms with Gasteiger partial charge in [-0.3, -0.25) is 9.72 Å². The molecule has 0 aliphatic rings. The second-order valence-corrected chi connectivity index (χ2v) is 5.56. The van der Waals surface area contributed by atoms with Gasteiger partial charge in [0.05, 0.1) is 6.10 Å². The fourth-order valence-electron chi connectivity index (χ4n) is 2.11. The first-order valence-corrected chi connectivity index (χ1v) is 7.54. The van der Waals surface area contributed by atoms with Gasteiger partial charge in [0.2, 0.25) is 11.6 Å². The zero-order valence-corrected chi connectivity index (χ0v) is 13.6. The maximum atomic E-state index is 11.7. The van der Waals surface area contributed by atoms with Gasteiger partial charge in [0.15, 0.2) is 5.82 Å². The zero-order valence-electron chi connectivity index (χ0n) is 13.6. The minimum Gasteiger partial charge on any atom is -0.447 e. The van der Waals surface area contributed by atoms with Crippen LogP contribution in [0.15, 0.2) is 36.7 Å². The van der Waals surface area contributed by atoms with Crippen molar-refractivity contribution < 1.29 is 9.53 Å². The van der Waals surface area contributed by atoms with Crippen LogP contribution in [0.2, 0.25) is 0 Å². The highest BCUT2D eigenvalue weighted by Gasteiger charge is 2.14. The molecule has 0 bridgehead atoms. The molecule has 0 saturated carbocycles. The number of aromatic nitrogens is 4. The van der Waals surface area contributed by atoms with E-state index in [1.54, 1.807) is 30.6 Å². The predicted molar refractivity (Wildman–Crippen MR) is 90.5 cm³/mol. The zero-order chi connectivity index (χ0) is 17.1. The molecule has 2 N–H and O–H groups in total. The van der Waals surface area contributed by atoms with Gasteiger partial charge in [0.25, 0.3) is 0 Å². The second kappa shape index (κ2) is 6.53. The van der Waals surface area contributed by atoms with E-state index in [0.29, 0.717) is 11.5 Å². The Balaban J connectivity index is 1.86. The predicted octanol–water partition coefficient (Wildman–Crippen LogP) is 3.13. The number of nitrogens with one attached hydrogen (secondary N) is 2. The van der Waals surface area contributed by atoms with E-state index in [9.17, 15) is 4.79 Å². The summed E-state index contributed by atoms with van der Waals surface area (Å²) in [6.45, 7) is 5.57. The van der Waals surface area contributed by atoms with E-state index in [2.05, 4.69) is 25.8 Å². The molecule has 8 heteroatoms. The molecule has 2 heterocycles. The first-order chi connectivity index (χ1) is 11.5. The SMILES string of the molecule is Cc1ccc(Nc2nccn3c(NC(=O)OC(C)C)nnc23)cc1. The van der Waals surface area contributed by atoms with Crippen molar-refractivity contribution in [1.82, 2.24) is 19.6 Å². The Morgan fingerprint density at radius 1 is 1.21 bits per heavy atom. The maximum absolute atomic E-state index is 11.7. The van der Waals surface area contributed by atoms with E-state index >= 15 is 0 Å².